The molecule has 21 heavy (non-hydrogen) atoms. The molecule has 2 rings (SSSR count). The van der Waals surface area contributed by atoms with Gasteiger partial charge in [-0.2, -0.15) is 0 Å². The minimum Gasteiger partial charge on any atom is -0.497 e. The number of ether oxygens (including phenoxy) is 1. The van der Waals surface area contributed by atoms with Crippen LogP contribution in [0, 0.1) is 0 Å². The summed E-state index contributed by atoms with van der Waals surface area (Å²) in [5.74, 6) is 0.799. The van der Waals surface area contributed by atoms with Crippen molar-refractivity contribution in [3.8, 4) is 5.75 Å². The predicted octanol–water partition coefficient (Wildman–Crippen LogP) is 1.88. The molecule has 4 heteroatoms. The maximum atomic E-state index is 10.0. The first kappa shape index (κ1) is 15.5. The van der Waals surface area contributed by atoms with Crippen LogP contribution in [0.15, 0.2) is 54.6 Å². The van der Waals surface area contributed by atoms with E-state index in [1.54, 1.807) is 7.11 Å². The molecule has 0 heterocycles. The first-order valence-corrected chi connectivity index (χ1v) is 6.94. The molecule has 3 N–H and O–H groups in total. The molecule has 112 valence electrons. The quantitative estimate of drug-likeness (QED) is 0.727. The van der Waals surface area contributed by atoms with Crippen molar-refractivity contribution in [1.29, 1.82) is 0 Å². The molecule has 0 radical (unpaired) electrons. The second kappa shape index (κ2) is 7.78. The van der Waals surface area contributed by atoms with E-state index in [1.165, 1.54) is 0 Å². The number of nitrogens with one attached hydrogen (secondary N) is 1. The van der Waals surface area contributed by atoms with Gasteiger partial charge < -0.3 is 20.3 Å². The van der Waals surface area contributed by atoms with Gasteiger partial charge in [-0.05, 0) is 23.3 Å². The fraction of sp³-hybridized carbons (Fsp3) is 0.294. The van der Waals surface area contributed by atoms with E-state index < -0.39 is 6.10 Å². The fourth-order valence-corrected chi connectivity index (χ4v) is 2.25. The number of rotatable bonds is 7. The Balaban J connectivity index is 2.09. The third kappa shape index (κ3) is 4.29. The SMILES string of the molecule is COc1cccc(CN[C@H](c2ccccc2)[C@@H](O)CO)c1. The van der Waals surface area contributed by atoms with Crippen LogP contribution in [-0.4, -0.2) is 30.0 Å². The maximum Gasteiger partial charge on any atom is 0.119 e. The highest BCUT2D eigenvalue weighted by Gasteiger charge is 2.19. The summed E-state index contributed by atoms with van der Waals surface area (Å²) in [6.45, 7) is 0.290. The minimum atomic E-state index is -0.849. The van der Waals surface area contributed by atoms with Crippen molar-refractivity contribution in [3.63, 3.8) is 0 Å². The molecule has 0 amide bonds. The lowest BCUT2D eigenvalue weighted by Gasteiger charge is -2.23. The number of aliphatic hydroxyl groups is 2. The van der Waals surface area contributed by atoms with E-state index in [-0.39, 0.29) is 12.6 Å². The van der Waals surface area contributed by atoms with Gasteiger partial charge in [-0.15, -0.1) is 0 Å². The third-order valence-electron chi connectivity index (χ3n) is 3.39. The van der Waals surface area contributed by atoms with Gasteiger partial charge in [-0.25, -0.2) is 0 Å². The van der Waals surface area contributed by atoms with Crippen LogP contribution in [-0.2, 0) is 6.54 Å². The van der Waals surface area contributed by atoms with Crippen molar-refractivity contribution >= 4 is 0 Å². The molecule has 0 aliphatic rings. The first-order valence-electron chi connectivity index (χ1n) is 6.94. The molecule has 0 saturated heterocycles. The van der Waals surface area contributed by atoms with Gasteiger partial charge in [0.15, 0.2) is 0 Å². The molecular formula is C17H21NO3. The molecule has 0 aliphatic carbocycles. The minimum absolute atomic E-state index is 0.287. The molecule has 0 bridgehead atoms. The second-order valence-corrected chi connectivity index (χ2v) is 4.87. The number of hydrogen-bond acceptors (Lipinski definition) is 4. The van der Waals surface area contributed by atoms with Gasteiger partial charge in [0.2, 0.25) is 0 Å². The van der Waals surface area contributed by atoms with Gasteiger partial charge >= 0.3 is 0 Å². The summed E-state index contributed by atoms with van der Waals surface area (Å²) < 4.78 is 5.20. The van der Waals surface area contributed by atoms with Crippen molar-refractivity contribution < 1.29 is 14.9 Å². The fourth-order valence-electron chi connectivity index (χ4n) is 2.25. The Kier molecular flexibility index (Phi) is 5.75. The number of aliphatic hydroxyl groups excluding tert-OH is 2. The van der Waals surface area contributed by atoms with Crippen molar-refractivity contribution in [2.24, 2.45) is 0 Å². The summed E-state index contributed by atoms with van der Waals surface area (Å²) in [6.07, 6.45) is -0.849. The van der Waals surface area contributed by atoms with E-state index in [9.17, 15) is 10.2 Å². The van der Waals surface area contributed by atoms with E-state index in [1.807, 2.05) is 54.6 Å². The van der Waals surface area contributed by atoms with E-state index in [0.29, 0.717) is 6.54 Å². The van der Waals surface area contributed by atoms with Gasteiger partial charge in [0.05, 0.1) is 25.9 Å². The Bertz CT molecular complexity index is 545. The molecule has 0 unspecified atom stereocenters. The summed E-state index contributed by atoms with van der Waals surface area (Å²) in [7, 11) is 1.63. The van der Waals surface area contributed by atoms with E-state index in [4.69, 9.17) is 4.74 Å². The summed E-state index contributed by atoms with van der Waals surface area (Å²) in [5, 5.41) is 22.5. The van der Waals surface area contributed by atoms with Crippen molar-refractivity contribution in [1.82, 2.24) is 5.32 Å². The van der Waals surface area contributed by atoms with Crippen LogP contribution < -0.4 is 10.1 Å². The zero-order valence-corrected chi connectivity index (χ0v) is 12.1. The van der Waals surface area contributed by atoms with Crippen molar-refractivity contribution in [2.45, 2.75) is 18.7 Å². The zero-order valence-electron chi connectivity index (χ0n) is 12.1. The lowest BCUT2D eigenvalue weighted by Crippen LogP contribution is -2.34. The van der Waals surface area contributed by atoms with Gasteiger partial charge in [0, 0.05) is 6.54 Å². The molecule has 0 fully saturated rings. The molecule has 2 atom stereocenters. The number of benzene rings is 2. The summed E-state index contributed by atoms with van der Waals surface area (Å²) >= 11 is 0. The predicted molar refractivity (Wildman–Crippen MR) is 82.1 cm³/mol. The Morgan fingerprint density at radius 3 is 2.52 bits per heavy atom. The smallest absolute Gasteiger partial charge is 0.119 e. The second-order valence-electron chi connectivity index (χ2n) is 4.87. The highest BCUT2D eigenvalue weighted by molar-refractivity contribution is 5.28. The maximum absolute atomic E-state index is 10.0. The Labute approximate surface area is 125 Å². The molecule has 0 aliphatic heterocycles. The molecular weight excluding hydrogens is 266 g/mol. The highest BCUT2D eigenvalue weighted by atomic mass is 16.5. The van der Waals surface area contributed by atoms with E-state index >= 15 is 0 Å². The van der Waals surface area contributed by atoms with Crippen LogP contribution in [0.5, 0.6) is 5.75 Å². The normalized spacial score (nSPS) is 13.7. The molecule has 0 aromatic heterocycles. The highest BCUT2D eigenvalue weighted by Crippen LogP contribution is 2.19. The van der Waals surface area contributed by atoms with Crippen LogP contribution in [0.4, 0.5) is 0 Å². The topological polar surface area (TPSA) is 61.7 Å². The average Bonchev–Trinajstić information content (AvgIpc) is 2.56. The van der Waals surface area contributed by atoms with Crippen LogP contribution in [0.25, 0.3) is 0 Å². The Hall–Kier alpha value is -1.88. The molecule has 2 aromatic carbocycles. The standard InChI is InChI=1S/C17H21NO3/c1-21-15-9-5-6-13(10-15)11-18-17(16(20)12-19)14-7-3-2-4-8-14/h2-10,16-20H,11-12H2,1H3/t16-,17+/m0/s1. The lowest BCUT2D eigenvalue weighted by atomic mass is 10.0. The summed E-state index contributed by atoms with van der Waals surface area (Å²) in [4.78, 5) is 0. The number of methoxy groups -OCH3 is 1. The summed E-state index contributed by atoms with van der Waals surface area (Å²) in [5.41, 5.74) is 2.00. The van der Waals surface area contributed by atoms with Gasteiger partial charge in [0.1, 0.15) is 5.75 Å². The average molecular weight is 287 g/mol. The number of hydrogen-bond donors (Lipinski definition) is 3. The van der Waals surface area contributed by atoms with Gasteiger partial charge in [-0.3, -0.25) is 0 Å². The largest absolute Gasteiger partial charge is 0.497 e. The van der Waals surface area contributed by atoms with Crippen molar-refractivity contribution in [2.75, 3.05) is 13.7 Å². The van der Waals surface area contributed by atoms with Crippen LogP contribution >= 0.6 is 0 Å². The molecule has 4 nitrogen and oxygen atoms in total. The van der Waals surface area contributed by atoms with Crippen molar-refractivity contribution in [3.05, 3.63) is 65.7 Å². The third-order valence-corrected chi connectivity index (χ3v) is 3.39. The van der Waals surface area contributed by atoms with Crippen LogP contribution in [0.2, 0.25) is 0 Å². The lowest BCUT2D eigenvalue weighted by molar-refractivity contribution is 0.0618. The van der Waals surface area contributed by atoms with E-state index in [2.05, 4.69) is 5.32 Å². The van der Waals surface area contributed by atoms with Crippen LogP contribution in [0.1, 0.15) is 17.2 Å². The zero-order chi connectivity index (χ0) is 15.1. The van der Waals surface area contributed by atoms with Gasteiger partial charge in [0.25, 0.3) is 0 Å². The summed E-state index contributed by atoms with van der Waals surface area (Å²) in [6, 6.07) is 17.1. The Morgan fingerprint density at radius 1 is 1.10 bits per heavy atom. The van der Waals surface area contributed by atoms with Gasteiger partial charge in [-0.1, -0.05) is 42.5 Å². The van der Waals surface area contributed by atoms with E-state index in [0.717, 1.165) is 16.9 Å². The monoisotopic (exact) mass is 287 g/mol. The first-order chi connectivity index (χ1) is 10.2. The molecule has 0 spiro atoms. The molecule has 2 aromatic rings. The van der Waals surface area contributed by atoms with Crippen LogP contribution in [0.3, 0.4) is 0 Å². The molecule has 0 saturated carbocycles. The Morgan fingerprint density at radius 2 is 1.86 bits per heavy atom.